The number of ketones is 1. The molecule has 1 aliphatic rings. The Morgan fingerprint density at radius 1 is 1.50 bits per heavy atom. The van der Waals surface area contributed by atoms with Crippen molar-refractivity contribution in [2.75, 3.05) is 26.2 Å². The van der Waals surface area contributed by atoms with E-state index in [2.05, 4.69) is 26.1 Å². The van der Waals surface area contributed by atoms with Crippen LogP contribution in [0.5, 0.6) is 0 Å². The Balaban J connectivity index is 2.04. The van der Waals surface area contributed by atoms with E-state index in [4.69, 9.17) is 0 Å². The largest absolute Gasteiger partial charge is 0.314 e. The number of hydrogen-bond acceptors (Lipinski definition) is 4. The van der Waals surface area contributed by atoms with E-state index in [1.165, 1.54) is 0 Å². The normalized spacial score (nSPS) is 17.9. The first kappa shape index (κ1) is 14.2. The Morgan fingerprint density at radius 3 is 2.72 bits per heavy atom. The summed E-state index contributed by atoms with van der Waals surface area (Å²) in [5.41, 5.74) is -0.370. The van der Waals surface area contributed by atoms with Crippen LogP contribution in [0.2, 0.25) is 0 Å². The summed E-state index contributed by atoms with van der Waals surface area (Å²) in [7, 11) is 0. The van der Waals surface area contributed by atoms with Crippen LogP contribution in [0.4, 0.5) is 0 Å². The summed E-state index contributed by atoms with van der Waals surface area (Å²) in [5, 5.41) is 5.34. The number of hydrogen-bond donors (Lipinski definition) is 1. The zero-order valence-corrected chi connectivity index (χ0v) is 13.2. The highest BCUT2D eigenvalue weighted by Gasteiger charge is 2.34. The van der Waals surface area contributed by atoms with Gasteiger partial charge in [-0.15, -0.1) is 11.3 Å². The zero-order chi connectivity index (χ0) is 13.2. The Kier molecular flexibility index (Phi) is 4.59. The van der Waals surface area contributed by atoms with Gasteiger partial charge in [0.2, 0.25) is 0 Å². The van der Waals surface area contributed by atoms with Crippen LogP contribution in [-0.2, 0) is 11.2 Å². The molecule has 18 heavy (non-hydrogen) atoms. The predicted octanol–water partition coefficient (Wildman–Crippen LogP) is 2.31. The molecule has 0 spiro atoms. The second-order valence-corrected chi connectivity index (χ2v) is 6.94. The fourth-order valence-corrected chi connectivity index (χ4v) is 3.70. The highest BCUT2D eigenvalue weighted by Crippen LogP contribution is 2.26. The fraction of sp³-hybridized carbons (Fsp3) is 0.615. The van der Waals surface area contributed by atoms with Crippen LogP contribution in [0.25, 0.3) is 0 Å². The molecule has 1 aromatic heterocycles. The number of piperazine rings is 1. The Labute approximate surface area is 121 Å². The van der Waals surface area contributed by atoms with Gasteiger partial charge in [0.25, 0.3) is 0 Å². The molecule has 0 bridgehead atoms. The van der Waals surface area contributed by atoms with Crippen LogP contribution in [0.1, 0.15) is 18.7 Å². The van der Waals surface area contributed by atoms with E-state index in [1.54, 1.807) is 11.3 Å². The van der Waals surface area contributed by atoms with E-state index in [-0.39, 0.29) is 5.54 Å². The van der Waals surface area contributed by atoms with Crippen molar-refractivity contribution in [2.45, 2.75) is 25.8 Å². The number of Topliss-reactive ketones (excluding diaryl/α,β-unsaturated/α-hetero) is 1. The first-order chi connectivity index (χ1) is 8.51. The number of halogens is 1. The number of nitrogens with zero attached hydrogens (tertiary/aromatic N) is 1. The van der Waals surface area contributed by atoms with Gasteiger partial charge in [-0.25, -0.2) is 0 Å². The minimum absolute atomic E-state index is 0.299. The number of nitrogens with one attached hydrogen (secondary N) is 1. The summed E-state index contributed by atoms with van der Waals surface area (Å²) in [4.78, 5) is 15.9. The molecular weight excluding hydrogens is 312 g/mol. The minimum atomic E-state index is -0.370. The third-order valence-electron chi connectivity index (χ3n) is 3.60. The van der Waals surface area contributed by atoms with Gasteiger partial charge in [0.05, 0.1) is 5.54 Å². The van der Waals surface area contributed by atoms with Crippen LogP contribution in [0, 0.1) is 0 Å². The molecule has 1 saturated heterocycles. The van der Waals surface area contributed by atoms with Gasteiger partial charge in [0.1, 0.15) is 0 Å². The van der Waals surface area contributed by atoms with Crippen molar-refractivity contribution < 1.29 is 4.79 Å². The maximum Gasteiger partial charge on any atom is 0.157 e. The molecule has 0 unspecified atom stereocenters. The van der Waals surface area contributed by atoms with Crippen LogP contribution < -0.4 is 5.32 Å². The van der Waals surface area contributed by atoms with Crippen LogP contribution in [0.15, 0.2) is 15.9 Å². The van der Waals surface area contributed by atoms with Gasteiger partial charge in [0.15, 0.2) is 5.78 Å². The summed E-state index contributed by atoms with van der Waals surface area (Å²) >= 11 is 5.13. The van der Waals surface area contributed by atoms with E-state index in [9.17, 15) is 4.79 Å². The molecule has 100 valence electrons. The number of rotatable bonds is 4. The topological polar surface area (TPSA) is 32.3 Å². The summed E-state index contributed by atoms with van der Waals surface area (Å²) in [6.45, 7) is 7.93. The molecule has 0 radical (unpaired) electrons. The number of carbonyl (C=O) groups is 1. The van der Waals surface area contributed by atoms with Crippen molar-refractivity contribution in [3.05, 3.63) is 20.8 Å². The molecule has 1 aliphatic heterocycles. The lowest BCUT2D eigenvalue weighted by Gasteiger charge is -2.40. The molecule has 0 amide bonds. The molecule has 3 nitrogen and oxygen atoms in total. The lowest BCUT2D eigenvalue weighted by Crippen LogP contribution is -2.57. The summed E-state index contributed by atoms with van der Waals surface area (Å²) < 4.78 is 1.05. The molecule has 1 aromatic rings. The molecule has 2 heterocycles. The van der Waals surface area contributed by atoms with Crippen molar-refractivity contribution >= 4 is 33.0 Å². The molecule has 5 heteroatoms. The van der Waals surface area contributed by atoms with Crippen LogP contribution in [-0.4, -0.2) is 42.4 Å². The third-order valence-corrected chi connectivity index (χ3v) is 5.53. The minimum Gasteiger partial charge on any atom is -0.314 e. The molecule has 0 aliphatic carbocycles. The lowest BCUT2D eigenvalue weighted by molar-refractivity contribution is -0.129. The Hall–Kier alpha value is -0.230. The van der Waals surface area contributed by atoms with Gasteiger partial charge >= 0.3 is 0 Å². The van der Waals surface area contributed by atoms with Gasteiger partial charge in [0, 0.05) is 41.9 Å². The van der Waals surface area contributed by atoms with Crippen molar-refractivity contribution in [3.63, 3.8) is 0 Å². The SMILES string of the molecule is CC(C)(C(=O)Cc1sccc1Br)N1CCNCC1. The van der Waals surface area contributed by atoms with Crippen LogP contribution in [0.3, 0.4) is 0 Å². The predicted molar refractivity (Wildman–Crippen MR) is 79.3 cm³/mol. The maximum atomic E-state index is 12.5. The average Bonchev–Trinajstić information content (AvgIpc) is 2.76. The molecule has 1 fully saturated rings. The molecule has 0 aromatic carbocycles. The summed E-state index contributed by atoms with van der Waals surface area (Å²) in [6, 6.07) is 2.01. The maximum absolute atomic E-state index is 12.5. The van der Waals surface area contributed by atoms with Gasteiger partial charge in [-0.3, -0.25) is 9.69 Å². The van der Waals surface area contributed by atoms with E-state index in [0.29, 0.717) is 12.2 Å². The molecule has 0 atom stereocenters. The quantitative estimate of drug-likeness (QED) is 0.919. The Morgan fingerprint density at radius 2 is 2.17 bits per heavy atom. The van der Waals surface area contributed by atoms with Crippen molar-refractivity contribution in [3.8, 4) is 0 Å². The van der Waals surface area contributed by atoms with E-state index >= 15 is 0 Å². The second kappa shape index (κ2) is 5.82. The molecular formula is C13H19BrN2OS. The number of thiophene rings is 1. The molecule has 0 saturated carbocycles. The molecule has 2 rings (SSSR count). The van der Waals surface area contributed by atoms with Gasteiger partial charge in [-0.1, -0.05) is 0 Å². The highest BCUT2D eigenvalue weighted by molar-refractivity contribution is 9.10. The van der Waals surface area contributed by atoms with Gasteiger partial charge < -0.3 is 5.32 Å². The van der Waals surface area contributed by atoms with Gasteiger partial charge in [-0.05, 0) is 41.2 Å². The smallest absolute Gasteiger partial charge is 0.157 e. The second-order valence-electron chi connectivity index (χ2n) is 5.09. The first-order valence-electron chi connectivity index (χ1n) is 6.23. The van der Waals surface area contributed by atoms with Crippen molar-refractivity contribution in [1.29, 1.82) is 0 Å². The molecule has 1 N–H and O–H groups in total. The lowest BCUT2D eigenvalue weighted by atomic mass is 9.93. The van der Waals surface area contributed by atoms with E-state index < -0.39 is 0 Å². The van der Waals surface area contributed by atoms with Crippen LogP contribution >= 0.6 is 27.3 Å². The van der Waals surface area contributed by atoms with Crippen molar-refractivity contribution in [2.24, 2.45) is 0 Å². The first-order valence-corrected chi connectivity index (χ1v) is 7.90. The average molecular weight is 331 g/mol. The summed E-state index contributed by atoms with van der Waals surface area (Å²) in [6.07, 6.45) is 0.523. The monoisotopic (exact) mass is 330 g/mol. The van der Waals surface area contributed by atoms with Gasteiger partial charge in [-0.2, -0.15) is 0 Å². The highest BCUT2D eigenvalue weighted by atomic mass is 79.9. The standard InChI is InChI=1S/C13H19BrN2OS/c1-13(2,16-6-4-15-5-7-16)12(17)9-11-10(14)3-8-18-11/h3,8,15H,4-7,9H2,1-2H3. The third kappa shape index (κ3) is 3.02. The zero-order valence-electron chi connectivity index (χ0n) is 10.8. The number of carbonyl (C=O) groups excluding carboxylic acids is 1. The summed E-state index contributed by atoms with van der Waals surface area (Å²) in [5.74, 6) is 0.299. The van der Waals surface area contributed by atoms with E-state index in [0.717, 1.165) is 35.5 Å². The Bertz CT molecular complexity index is 424. The van der Waals surface area contributed by atoms with E-state index in [1.807, 2.05) is 25.3 Å². The van der Waals surface area contributed by atoms with Crippen molar-refractivity contribution in [1.82, 2.24) is 10.2 Å². The fourth-order valence-electron chi connectivity index (χ4n) is 2.21.